The minimum Gasteiger partial charge on any atom is -0.490 e. The molecule has 174 valence electrons. The molecule has 1 aliphatic heterocycles. The summed E-state index contributed by atoms with van der Waals surface area (Å²) in [6.07, 6.45) is 1.86. The maximum Gasteiger partial charge on any atom is 0.319 e. The summed E-state index contributed by atoms with van der Waals surface area (Å²) >= 11 is 0. The van der Waals surface area contributed by atoms with Crippen molar-refractivity contribution < 1.29 is 19.0 Å². The third kappa shape index (κ3) is 6.79. The van der Waals surface area contributed by atoms with Crippen LogP contribution in [0.25, 0.3) is 0 Å². The summed E-state index contributed by atoms with van der Waals surface area (Å²) < 4.78 is 17.2. The summed E-state index contributed by atoms with van der Waals surface area (Å²) in [7, 11) is 0. The van der Waals surface area contributed by atoms with Gasteiger partial charge in [0.2, 0.25) is 5.75 Å². The number of urea groups is 1. The summed E-state index contributed by atoms with van der Waals surface area (Å²) in [6, 6.07) is 14.0. The van der Waals surface area contributed by atoms with Crippen molar-refractivity contribution in [2.24, 2.45) is 0 Å². The minimum absolute atomic E-state index is 0.155. The van der Waals surface area contributed by atoms with Gasteiger partial charge in [-0.3, -0.25) is 4.90 Å². The van der Waals surface area contributed by atoms with Crippen LogP contribution in [0.1, 0.15) is 39.2 Å². The first-order valence-electron chi connectivity index (χ1n) is 11.5. The summed E-state index contributed by atoms with van der Waals surface area (Å²) in [6.45, 7) is 10.1. The van der Waals surface area contributed by atoms with Gasteiger partial charge in [-0.2, -0.15) is 0 Å². The van der Waals surface area contributed by atoms with E-state index in [1.165, 1.54) is 5.56 Å². The fourth-order valence-corrected chi connectivity index (χ4v) is 3.89. The van der Waals surface area contributed by atoms with Gasteiger partial charge in [-0.1, -0.05) is 30.3 Å². The zero-order valence-corrected chi connectivity index (χ0v) is 19.4. The summed E-state index contributed by atoms with van der Waals surface area (Å²) in [5.74, 6) is 1.68. The Balaban J connectivity index is 1.56. The topological polar surface area (TPSA) is 72.1 Å². The van der Waals surface area contributed by atoms with Crippen molar-refractivity contribution in [3.8, 4) is 17.2 Å². The van der Waals surface area contributed by atoms with Gasteiger partial charge < -0.3 is 24.8 Å². The van der Waals surface area contributed by atoms with E-state index in [-0.39, 0.29) is 12.1 Å². The Morgan fingerprint density at radius 3 is 2.09 bits per heavy atom. The van der Waals surface area contributed by atoms with E-state index in [4.69, 9.17) is 14.2 Å². The number of benzene rings is 2. The molecule has 0 atom stereocenters. The highest BCUT2D eigenvalue weighted by Gasteiger charge is 2.21. The Bertz CT molecular complexity index is 825. The highest BCUT2D eigenvalue weighted by atomic mass is 16.5. The minimum atomic E-state index is -0.222. The van der Waals surface area contributed by atoms with Gasteiger partial charge in [0.05, 0.1) is 25.5 Å². The lowest BCUT2D eigenvalue weighted by Crippen LogP contribution is -2.45. The first-order valence-corrected chi connectivity index (χ1v) is 11.5. The van der Waals surface area contributed by atoms with Crippen LogP contribution in [0.2, 0.25) is 0 Å². The number of nitrogens with zero attached hydrogens (tertiary/aromatic N) is 1. The number of rotatable bonds is 10. The van der Waals surface area contributed by atoms with E-state index in [2.05, 4.69) is 39.8 Å². The lowest BCUT2D eigenvalue weighted by Gasteiger charge is -2.32. The molecule has 0 aliphatic carbocycles. The van der Waals surface area contributed by atoms with Crippen LogP contribution in [0.15, 0.2) is 42.5 Å². The molecule has 0 spiro atoms. The Morgan fingerprint density at radius 2 is 1.53 bits per heavy atom. The molecular formula is C25H35N3O4. The van der Waals surface area contributed by atoms with Gasteiger partial charge in [0.25, 0.3) is 0 Å². The summed E-state index contributed by atoms with van der Waals surface area (Å²) in [5.41, 5.74) is 1.93. The van der Waals surface area contributed by atoms with Crippen LogP contribution < -0.4 is 24.8 Å². The van der Waals surface area contributed by atoms with Crippen molar-refractivity contribution in [1.29, 1.82) is 0 Å². The van der Waals surface area contributed by atoms with Crippen LogP contribution in [0.5, 0.6) is 17.2 Å². The quantitative estimate of drug-likeness (QED) is 0.561. The van der Waals surface area contributed by atoms with Crippen molar-refractivity contribution in [2.75, 3.05) is 38.2 Å². The predicted octanol–water partition coefficient (Wildman–Crippen LogP) is 4.67. The Labute approximate surface area is 191 Å². The van der Waals surface area contributed by atoms with Crippen molar-refractivity contribution in [3.63, 3.8) is 0 Å². The number of nitrogens with one attached hydrogen (secondary N) is 2. The van der Waals surface area contributed by atoms with Crippen LogP contribution in [0.4, 0.5) is 10.5 Å². The first-order chi connectivity index (χ1) is 15.6. The van der Waals surface area contributed by atoms with Gasteiger partial charge in [0, 0.05) is 37.8 Å². The molecule has 1 heterocycles. The van der Waals surface area contributed by atoms with Crippen LogP contribution in [0.3, 0.4) is 0 Å². The van der Waals surface area contributed by atoms with Crippen molar-refractivity contribution in [2.45, 2.75) is 46.2 Å². The molecule has 1 fully saturated rings. The third-order valence-corrected chi connectivity index (χ3v) is 5.34. The standard InChI is InChI=1S/C25H35N3O4/c1-4-30-22-16-21(17-23(31-5-2)24(22)32-6-3)27-25(29)26-20-12-14-28(15-13-20)18-19-10-8-7-9-11-19/h7-11,16-17,20H,4-6,12-15,18H2,1-3H3,(H2,26,27,29). The molecule has 0 bridgehead atoms. The SMILES string of the molecule is CCOc1cc(NC(=O)NC2CCN(Cc3ccccc3)CC2)cc(OCC)c1OCC. The van der Waals surface area contributed by atoms with Crippen molar-refractivity contribution in [3.05, 3.63) is 48.0 Å². The third-order valence-electron chi connectivity index (χ3n) is 5.34. The second-order valence-electron chi connectivity index (χ2n) is 7.74. The normalized spacial score (nSPS) is 14.6. The van der Waals surface area contributed by atoms with E-state index in [1.807, 2.05) is 26.8 Å². The molecule has 2 aromatic carbocycles. The maximum absolute atomic E-state index is 12.7. The molecule has 7 nitrogen and oxygen atoms in total. The van der Waals surface area contributed by atoms with Gasteiger partial charge in [-0.15, -0.1) is 0 Å². The van der Waals surface area contributed by atoms with E-state index >= 15 is 0 Å². The summed E-state index contributed by atoms with van der Waals surface area (Å²) in [5, 5.41) is 6.03. The number of carbonyl (C=O) groups excluding carboxylic acids is 1. The van der Waals surface area contributed by atoms with Gasteiger partial charge in [0.15, 0.2) is 11.5 Å². The molecule has 0 aromatic heterocycles. The highest BCUT2D eigenvalue weighted by Crippen LogP contribution is 2.40. The number of ether oxygens (including phenoxy) is 3. The predicted molar refractivity (Wildman–Crippen MR) is 127 cm³/mol. The molecular weight excluding hydrogens is 406 g/mol. The number of carbonyl (C=O) groups is 1. The fourth-order valence-electron chi connectivity index (χ4n) is 3.89. The van der Waals surface area contributed by atoms with Crippen LogP contribution >= 0.6 is 0 Å². The van der Waals surface area contributed by atoms with Crippen molar-refractivity contribution in [1.82, 2.24) is 10.2 Å². The van der Waals surface area contributed by atoms with Crippen LogP contribution in [-0.2, 0) is 6.54 Å². The number of hydrogen-bond donors (Lipinski definition) is 2. The molecule has 7 heteroatoms. The smallest absolute Gasteiger partial charge is 0.319 e. The van der Waals surface area contributed by atoms with E-state index in [9.17, 15) is 4.79 Å². The Hall–Kier alpha value is -2.93. The molecule has 2 N–H and O–H groups in total. The number of anilines is 1. The maximum atomic E-state index is 12.7. The number of hydrogen-bond acceptors (Lipinski definition) is 5. The number of piperidine rings is 1. The Kier molecular flexibility index (Phi) is 9.04. The lowest BCUT2D eigenvalue weighted by molar-refractivity contribution is 0.190. The molecule has 2 aromatic rings. The second-order valence-corrected chi connectivity index (χ2v) is 7.74. The monoisotopic (exact) mass is 441 g/mol. The van der Waals surface area contributed by atoms with Crippen LogP contribution in [0, 0.1) is 0 Å². The average molecular weight is 442 g/mol. The second kappa shape index (κ2) is 12.2. The molecule has 2 amide bonds. The number of likely N-dealkylation sites (tertiary alicyclic amines) is 1. The molecule has 0 unspecified atom stereocenters. The average Bonchev–Trinajstić information content (AvgIpc) is 2.78. The Morgan fingerprint density at radius 1 is 0.938 bits per heavy atom. The lowest BCUT2D eigenvalue weighted by atomic mass is 10.0. The highest BCUT2D eigenvalue weighted by molar-refractivity contribution is 5.90. The fraction of sp³-hybridized carbons (Fsp3) is 0.480. The van der Waals surface area contributed by atoms with E-state index in [0.29, 0.717) is 42.8 Å². The van der Waals surface area contributed by atoms with Crippen molar-refractivity contribution >= 4 is 11.7 Å². The zero-order valence-electron chi connectivity index (χ0n) is 19.4. The van der Waals surface area contributed by atoms with Gasteiger partial charge in [-0.25, -0.2) is 4.79 Å². The summed E-state index contributed by atoms with van der Waals surface area (Å²) in [4.78, 5) is 15.1. The van der Waals surface area contributed by atoms with E-state index in [0.717, 1.165) is 32.5 Å². The molecule has 1 aliphatic rings. The number of amides is 2. The van der Waals surface area contributed by atoms with Crippen LogP contribution in [-0.4, -0.2) is 49.9 Å². The van der Waals surface area contributed by atoms with Gasteiger partial charge in [-0.05, 0) is 39.2 Å². The molecule has 3 rings (SSSR count). The van der Waals surface area contributed by atoms with E-state index < -0.39 is 0 Å². The zero-order chi connectivity index (χ0) is 22.8. The van der Waals surface area contributed by atoms with E-state index in [1.54, 1.807) is 12.1 Å². The molecule has 0 radical (unpaired) electrons. The van der Waals surface area contributed by atoms with Gasteiger partial charge in [0.1, 0.15) is 0 Å². The largest absolute Gasteiger partial charge is 0.490 e. The molecule has 0 saturated carbocycles. The molecule has 32 heavy (non-hydrogen) atoms. The van der Waals surface area contributed by atoms with Gasteiger partial charge >= 0.3 is 6.03 Å². The first kappa shape index (κ1) is 23.7. The molecule has 1 saturated heterocycles.